The molecule has 5 rings (SSSR count). The molecule has 0 unspecified atom stereocenters. The lowest BCUT2D eigenvalue weighted by Gasteiger charge is -2.23. The topological polar surface area (TPSA) is 54.3 Å². The number of hydrogen-bond donors (Lipinski definition) is 1. The highest BCUT2D eigenvalue weighted by Gasteiger charge is 2.32. The Morgan fingerprint density at radius 1 is 1.11 bits per heavy atom. The maximum absolute atomic E-state index is 13.3. The van der Waals surface area contributed by atoms with E-state index in [1.807, 2.05) is 35.0 Å². The largest absolute Gasteiger partial charge is 0.352 e. The van der Waals surface area contributed by atoms with Crippen molar-refractivity contribution in [1.82, 2.24) is 14.8 Å². The van der Waals surface area contributed by atoms with Gasteiger partial charge in [-0.1, -0.05) is 98.7 Å². The van der Waals surface area contributed by atoms with Crippen molar-refractivity contribution < 1.29 is 9.59 Å². The number of fused-ring (bicyclic) bond motifs is 1. The highest BCUT2D eigenvalue weighted by Crippen LogP contribution is 2.35. The second-order valence-corrected chi connectivity index (χ2v) is 11.5. The number of benzene rings is 2. The van der Waals surface area contributed by atoms with E-state index in [-0.39, 0.29) is 24.4 Å². The number of nitrogens with zero attached hydrogens (tertiary/aromatic N) is 2. The highest BCUT2D eigenvalue weighted by molar-refractivity contribution is 8.26. The summed E-state index contributed by atoms with van der Waals surface area (Å²) >= 11 is 6.93. The number of hydrogen-bond acceptors (Lipinski definition) is 4. The van der Waals surface area contributed by atoms with Crippen molar-refractivity contribution in [3.8, 4) is 0 Å². The predicted octanol–water partition coefficient (Wildman–Crippen LogP) is 6.10. The van der Waals surface area contributed by atoms with Crippen molar-refractivity contribution in [3.05, 3.63) is 76.3 Å². The summed E-state index contributed by atoms with van der Waals surface area (Å²) in [6.45, 7) is 2.97. The van der Waals surface area contributed by atoms with E-state index < -0.39 is 0 Å². The molecule has 37 heavy (non-hydrogen) atoms. The maximum atomic E-state index is 13.3. The first-order chi connectivity index (χ1) is 18.0. The first kappa shape index (κ1) is 25.7. The summed E-state index contributed by atoms with van der Waals surface area (Å²) in [5.41, 5.74) is 4.38. The molecule has 1 aliphatic heterocycles. The smallest absolute Gasteiger partial charge is 0.266 e. The van der Waals surface area contributed by atoms with Crippen molar-refractivity contribution in [2.45, 2.75) is 64.5 Å². The molecule has 0 spiro atoms. The van der Waals surface area contributed by atoms with Crippen LogP contribution in [0.25, 0.3) is 17.0 Å². The van der Waals surface area contributed by atoms with Gasteiger partial charge in [-0.3, -0.25) is 14.5 Å². The van der Waals surface area contributed by atoms with Crippen LogP contribution in [0.5, 0.6) is 0 Å². The van der Waals surface area contributed by atoms with E-state index in [1.54, 1.807) is 4.90 Å². The molecule has 1 saturated carbocycles. The maximum Gasteiger partial charge on any atom is 0.266 e. The number of nitrogens with one attached hydrogen (secondary N) is 1. The van der Waals surface area contributed by atoms with Crippen LogP contribution < -0.4 is 5.32 Å². The number of carbonyl (C=O) groups excluding carboxylic acids is 2. The van der Waals surface area contributed by atoms with Gasteiger partial charge in [0, 0.05) is 29.7 Å². The fraction of sp³-hybridized carbons (Fsp3) is 0.367. The quantitative estimate of drug-likeness (QED) is 0.282. The van der Waals surface area contributed by atoms with Crippen molar-refractivity contribution in [2.75, 3.05) is 6.54 Å². The Hall–Kier alpha value is -2.90. The number of aryl methyl sites for hydroxylation is 1. The Morgan fingerprint density at radius 3 is 2.65 bits per heavy atom. The van der Waals surface area contributed by atoms with Crippen LogP contribution in [0.2, 0.25) is 0 Å². The number of para-hydroxylation sites is 1. The summed E-state index contributed by atoms with van der Waals surface area (Å²) < 4.78 is 2.64. The van der Waals surface area contributed by atoms with Gasteiger partial charge in [0.25, 0.3) is 5.91 Å². The van der Waals surface area contributed by atoms with Crippen molar-refractivity contribution in [1.29, 1.82) is 0 Å². The number of amides is 2. The fourth-order valence-electron chi connectivity index (χ4n) is 5.38. The first-order valence-corrected chi connectivity index (χ1v) is 14.5. The summed E-state index contributed by atoms with van der Waals surface area (Å²) in [6, 6.07) is 16.7. The minimum Gasteiger partial charge on any atom is -0.352 e. The zero-order chi connectivity index (χ0) is 25.8. The van der Waals surface area contributed by atoms with E-state index in [4.69, 9.17) is 12.2 Å². The van der Waals surface area contributed by atoms with Gasteiger partial charge in [0.15, 0.2) is 0 Å². The van der Waals surface area contributed by atoms with Crippen LogP contribution in [0.4, 0.5) is 0 Å². The van der Waals surface area contributed by atoms with Crippen LogP contribution in [0.3, 0.4) is 0 Å². The number of thioether (sulfide) groups is 1. The monoisotopic (exact) mass is 531 g/mol. The third kappa shape index (κ3) is 5.83. The molecule has 2 heterocycles. The predicted molar refractivity (Wildman–Crippen MR) is 156 cm³/mol. The lowest BCUT2D eigenvalue weighted by Crippen LogP contribution is -2.38. The van der Waals surface area contributed by atoms with Gasteiger partial charge in [-0.15, -0.1) is 0 Å². The number of carbonyl (C=O) groups is 2. The van der Waals surface area contributed by atoms with Crippen molar-refractivity contribution in [3.63, 3.8) is 0 Å². The van der Waals surface area contributed by atoms with E-state index in [2.05, 4.69) is 42.6 Å². The second-order valence-electron chi connectivity index (χ2n) is 9.85. The van der Waals surface area contributed by atoms with Crippen LogP contribution in [0.15, 0.2) is 59.6 Å². The molecular formula is C30H33N3O2S2. The molecule has 192 valence electrons. The van der Waals surface area contributed by atoms with Gasteiger partial charge in [-0.25, -0.2) is 0 Å². The third-order valence-electron chi connectivity index (χ3n) is 7.30. The van der Waals surface area contributed by atoms with E-state index in [0.717, 1.165) is 42.1 Å². The van der Waals surface area contributed by atoms with Gasteiger partial charge in [-0.05, 0) is 42.9 Å². The Labute approximate surface area is 228 Å². The molecule has 1 aromatic heterocycles. The molecule has 0 radical (unpaired) electrons. The normalized spacial score (nSPS) is 17.8. The molecule has 2 fully saturated rings. The number of rotatable bonds is 8. The van der Waals surface area contributed by atoms with Crippen LogP contribution in [0, 0.1) is 0 Å². The SMILES string of the molecule is CCc1cccc2c(/C=C3\SC(=S)N(CCc4ccccc4)C3=O)cn(CC(=O)NC3CCCCC3)c12. The van der Waals surface area contributed by atoms with Gasteiger partial charge in [-0.2, -0.15) is 0 Å². The average Bonchev–Trinajstić information content (AvgIpc) is 3.39. The molecule has 1 saturated heterocycles. The number of thiocarbonyl (C=S) groups is 1. The molecule has 2 aromatic carbocycles. The fourth-order valence-corrected chi connectivity index (χ4v) is 6.68. The number of aromatic nitrogens is 1. The van der Waals surface area contributed by atoms with E-state index in [0.29, 0.717) is 15.8 Å². The molecule has 3 aromatic rings. The molecule has 1 aliphatic carbocycles. The Morgan fingerprint density at radius 2 is 1.89 bits per heavy atom. The van der Waals surface area contributed by atoms with Gasteiger partial charge in [0.2, 0.25) is 5.91 Å². The standard InChI is InChI=1S/C30H33N3O2S2/c1-2-22-12-9-15-25-23(19-32(28(22)25)20-27(34)31-24-13-7-4-8-14-24)18-26-29(35)33(30(36)37-26)17-16-21-10-5-3-6-11-21/h3,5-6,9-12,15,18-19,24H,2,4,7-8,13-14,16-17,20H2,1H3,(H,31,34)/b26-18-. The Kier molecular flexibility index (Phi) is 8.11. The molecule has 0 atom stereocenters. The molecule has 2 aliphatic rings. The Balaban J connectivity index is 1.38. The van der Waals surface area contributed by atoms with E-state index in [1.165, 1.54) is 42.2 Å². The molecule has 7 heteroatoms. The average molecular weight is 532 g/mol. The van der Waals surface area contributed by atoms with Crippen LogP contribution in [-0.4, -0.2) is 38.2 Å². The lowest BCUT2D eigenvalue weighted by molar-refractivity contribution is -0.123. The molecule has 1 N–H and O–H groups in total. The molecule has 0 bridgehead atoms. The van der Waals surface area contributed by atoms with Gasteiger partial charge < -0.3 is 9.88 Å². The van der Waals surface area contributed by atoms with Crippen LogP contribution in [0.1, 0.15) is 55.7 Å². The van der Waals surface area contributed by atoms with Crippen LogP contribution >= 0.6 is 24.0 Å². The molecule has 5 nitrogen and oxygen atoms in total. The summed E-state index contributed by atoms with van der Waals surface area (Å²) in [6.07, 6.45) is 11.3. The first-order valence-electron chi connectivity index (χ1n) is 13.2. The highest BCUT2D eigenvalue weighted by atomic mass is 32.2. The van der Waals surface area contributed by atoms with Crippen LogP contribution in [-0.2, 0) is 29.0 Å². The summed E-state index contributed by atoms with van der Waals surface area (Å²) in [5.74, 6) is 0.00186. The lowest BCUT2D eigenvalue weighted by atomic mass is 9.95. The minimum absolute atomic E-state index is 0.0477. The van der Waals surface area contributed by atoms with Gasteiger partial charge >= 0.3 is 0 Å². The Bertz CT molecular complexity index is 1340. The minimum atomic E-state index is -0.0477. The molecular weight excluding hydrogens is 498 g/mol. The summed E-state index contributed by atoms with van der Waals surface area (Å²) in [7, 11) is 0. The zero-order valence-electron chi connectivity index (χ0n) is 21.2. The van der Waals surface area contributed by atoms with E-state index >= 15 is 0 Å². The zero-order valence-corrected chi connectivity index (χ0v) is 22.9. The van der Waals surface area contributed by atoms with Crippen molar-refractivity contribution in [2.24, 2.45) is 0 Å². The molecule has 2 amide bonds. The second kappa shape index (κ2) is 11.7. The van der Waals surface area contributed by atoms with E-state index in [9.17, 15) is 9.59 Å². The summed E-state index contributed by atoms with van der Waals surface area (Å²) in [5, 5.41) is 4.30. The summed E-state index contributed by atoms with van der Waals surface area (Å²) in [4.78, 5) is 28.6. The third-order valence-corrected chi connectivity index (χ3v) is 8.68. The van der Waals surface area contributed by atoms with Crippen molar-refractivity contribution >= 4 is 57.1 Å². The van der Waals surface area contributed by atoms with Gasteiger partial charge in [0.1, 0.15) is 10.9 Å². The van der Waals surface area contributed by atoms with Gasteiger partial charge in [0.05, 0.1) is 10.4 Å².